The SMILES string of the molecule is CCCCC(NC(=O)c1nsnc1-c1ccccc1)C(=O)C(C)=O. The molecule has 2 rings (SSSR count). The van der Waals surface area contributed by atoms with Crippen LogP contribution in [0.3, 0.4) is 0 Å². The van der Waals surface area contributed by atoms with Gasteiger partial charge in [-0.25, -0.2) is 0 Å². The van der Waals surface area contributed by atoms with Gasteiger partial charge in [0.25, 0.3) is 5.91 Å². The molecule has 2 aromatic rings. The van der Waals surface area contributed by atoms with Gasteiger partial charge in [0.05, 0.1) is 17.8 Å². The van der Waals surface area contributed by atoms with Crippen molar-refractivity contribution in [1.82, 2.24) is 14.1 Å². The summed E-state index contributed by atoms with van der Waals surface area (Å²) < 4.78 is 8.23. The van der Waals surface area contributed by atoms with Crippen LogP contribution in [0, 0.1) is 0 Å². The lowest BCUT2D eigenvalue weighted by molar-refractivity contribution is -0.136. The first-order valence-electron chi connectivity index (χ1n) is 7.78. The second-order valence-electron chi connectivity index (χ2n) is 5.42. The summed E-state index contributed by atoms with van der Waals surface area (Å²) in [6, 6.07) is 8.42. The van der Waals surface area contributed by atoms with E-state index < -0.39 is 23.5 Å². The van der Waals surface area contributed by atoms with Crippen molar-refractivity contribution in [3.05, 3.63) is 36.0 Å². The number of carbonyl (C=O) groups is 3. The number of Topliss-reactive ketones (excluding diaryl/α,β-unsaturated/α-hetero) is 2. The lowest BCUT2D eigenvalue weighted by Crippen LogP contribution is -2.43. The number of aromatic nitrogens is 2. The minimum atomic E-state index is -0.819. The zero-order valence-corrected chi connectivity index (χ0v) is 14.4. The molecule has 0 aliphatic rings. The summed E-state index contributed by atoms with van der Waals surface area (Å²) in [7, 11) is 0. The van der Waals surface area contributed by atoms with Crippen LogP contribution in [0.4, 0.5) is 0 Å². The van der Waals surface area contributed by atoms with Crippen LogP contribution in [0.5, 0.6) is 0 Å². The van der Waals surface area contributed by atoms with E-state index in [1.165, 1.54) is 6.92 Å². The van der Waals surface area contributed by atoms with Gasteiger partial charge in [0, 0.05) is 12.5 Å². The monoisotopic (exact) mass is 345 g/mol. The van der Waals surface area contributed by atoms with Crippen molar-refractivity contribution >= 4 is 29.2 Å². The molecule has 7 heteroatoms. The van der Waals surface area contributed by atoms with Gasteiger partial charge in [0.15, 0.2) is 11.5 Å². The molecule has 0 aliphatic heterocycles. The number of carbonyl (C=O) groups excluding carboxylic acids is 3. The lowest BCUT2D eigenvalue weighted by atomic mass is 10.0. The minimum Gasteiger partial charge on any atom is -0.340 e. The van der Waals surface area contributed by atoms with E-state index in [4.69, 9.17) is 0 Å². The summed E-state index contributed by atoms with van der Waals surface area (Å²) in [5.41, 5.74) is 1.42. The van der Waals surface area contributed by atoms with Crippen molar-refractivity contribution in [1.29, 1.82) is 0 Å². The number of nitrogens with one attached hydrogen (secondary N) is 1. The van der Waals surface area contributed by atoms with Crippen molar-refractivity contribution in [2.24, 2.45) is 0 Å². The van der Waals surface area contributed by atoms with E-state index in [2.05, 4.69) is 14.1 Å². The highest BCUT2D eigenvalue weighted by Crippen LogP contribution is 2.21. The maximum absolute atomic E-state index is 12.5. The fraction of sp³-hybridized carbons (Fsp3) is 0.353. The Morgan fingerprint density at radius 3 is 2.50 bits per heavy atom. The van der Waals surface area contributed by atoms with Crippen LogP contribution in [0.15, 0.2) is 30.3 Å². The standard InChI is InChI=1S/C17H19N3O3S/c1-3-4-10-13(16(22)11(2)21)18-17(23)15-14(19-24-20-15)12-8-6-5-7-9-12/h5-9,13H,3-4,10H2,1-2H3,(H,18,23). The van der Waals surface area contributed by atoms with E-state index >= 15 is 0 Å². The molecule has 0 bridgehead atoms. The van der Waals surface area contributed by atoms with Crippen LogP contribution >= 0.6 is 11.7 Å². The van der Waals surface area contributed by atoms with Crippen LogP contribution in [0.1, 0.15) is 43.6 Å². The molecule has 0 fully saturated rings. The Labute approximate surface area is 144 Å². The van der Waals surface area contributed by atoms with Crippen molar-refractivity contribution in [2.45, 2.75) is 39.2 Å². The second-order valence-corrected chi connectivity index (χ2v) is 5.94. The second kappa shape index (κ2) is 8.44. The van der Waals surface area contributed by atoms with Crippen LogP contribution in [0.2, 0.25) is 0 Å². The first-order chi connectivity index (χ1) is 11.5. The predicted molar refractivity (Wildman–Crippen MR) is 91.8 cm³/mol. The summed E-state index contributed by atoms with van der Waals surface area (Å²) in [6.45, 7) is 3.20. The highest BCUT2D eigenvalue weighted by Gasteiger charge is 2.26. The maximum Gasteiger partial charge on any atom is 0.273 e. The minimum absolute atomic E-state index is 0.170. The van der Waals surface area contributed by atoms with Crippen LogP contribution < -0.4 is 5.32 Å². The van der Waals surface area contributed by atoms with E-state index in [1.807, 2.05) is 37.3 Å². The van der Waals surface area contributed by atoms with Crippen molar-refractivity contribution in [2.75, 3.05) is 0 Å². The molecule has 1 aromatic carbocycles. The largest absolute Gasteiger partial charge is 0.340 e. The number of amides is 1. The van der Waals surface area contributed by atoms with Gasteiger partial charge < -0.3 is 5.32 Å². The molecule has 0 saturated heterocycles. The van der Waals surface area contributed by atoms with Crippen molar-refractivity contribution in [3.63, 3.8) is 0 Å². The number of hydrogen-bond donors (Lipinski definition) is 1. The Morgan fingerprint density at radius 2 is 1.88 bits per heavy atom. The normalized spacial score (nSPS) is 11.8. The first-order valence-corrected chi connectivity index (χ1v) is 8.51. The average Bonchev–Trinajstić information content (AvgIpc) is 3.08. The lowest BCUT2D eigenvalue weighted by Gasteiger charge is -2.15. The molecule has 0 spiro atoms. The first kappa shape index (κ1) is 17.9. The quantitative estimate of drug-likeness (QED) is 0.743. The van der Waals surface area contributed by atoms with Gasteiger partial charge in [-0.15, -0.1) is 0 Å². The molecule has 0 aliphatic carbocycles. The topological polar surface area (TPSA) is 89.0 Å². The highest BCUT2D eigenvalue weighted by atomic mass is 32.1. The molecular weight excluding hydrogens is 326 g/mol. The summed E-state index contributed by atoms with van der Waals surface area (Å²) in [6.07, 6.45) is 2.04. The van der Waals surface area contributed by atoms with Gasteiger partial charge in [0.1, 0.15) is 5.69 Å². The van der Waals surface area contributed by atoms with Gasteiger partial charge >= 0.3 is 0 Å². The van der Waals surface area contributed by atoms with Crippen LogP contribution in [-0.4, -0.2) is 32.3 Å². The zero-order chi connectivity index (χ0) is 17.5. The molecule has 126 valence electrons. The van der Waals surface area contributed by atoms with Crippen molar-refractivity contribution in [3.8, 4) is 11.3 Å². The summed E-state index contributed by atoms with van der Waals surface area (Å²) in [5, 5.41) is 2.64. The Morgan fingerprint density at radius 1 is 1.17 bits per heavy atom. The van der Waals surface area contributed by atoms with E-state index in [0.717, 1.165) is 30.1 Å². The van der Waals surface area contributed by atoms with E-state index in [9.17, 15) is 14.4 Å². The third kappa shape index (κ3) is 4.32. The molecule has 6 nitrogen and oxygen atoms in total. The molecule has 1 heterocycles. The summed E-state index contributed by atoms with van der Waals surface area (Å²) >= 11 is 0.936. The third-order valence-electron chi connectivity index (χ3n) is 3.57. The highest BCUT2D eigenvalue weighted by molar-refractivity contribution is 6.99. The van der Waals surface area contributed by atoms with E-state index in [-0.39, 0.29) is 5.69 Å². The molecular formula is C17H19N3O3S. The fourth-order valence-electron chi connectivity index (χ4n) is 2.27. The number of unbranched alkanes of at least 4 members (excludes halogenated alkanes) is 1. The van der Waals surface area contributed by atoms with Gasteiger partial charge in [-0.3, -0.25) is 14.4 Å². The Bertz CT molecular complexity index is 728. The Kier molecular flexibility index (Phi) is 6.31. The fourth-order valence-corrected chi connectivity index (χ4v) is 2.84. The molecule has 1 aromatic heterocycles. The molecule has 24 heavy (non-hydrogen) atoms. The number of benzene rings is 1. The maximum atomic E-state index is 12.5. The van der Waals surface area contributed by atoms with Crippen LogP contribution in [-0.2, 0) is 9.59 Å². The number of hydrogen-bond acceptors (Lipinski definition) is 6. The molecule has 0 saturated carbocycles. The van der Waals surface area contributed by atoms with E-state index in [0.29, 0.717) is 12.1 Å². The van der Waals surface area contributed by atoms with E-state index in [1.54, 1.807) is 0 Å². The van der Waals surface area contributed by atoms with Crippen molar-refractivity contribution < 1.29 is 14.4 Å². The van der Waals surface area contributed by atoms with Gasteiger partial charge in [-0.1, -0.05) is 50.1 Å². The van der Waals surface area contributed by atoms with Gasteiger partial charge in [-0.2, -0.15) is 8.75 Å². The number of rotatable bonds is 8. The zero-order valence-electron chi connectivity index (χ0n) is 13.6. The molecule has 1 atom stereocenters. The summed E-state index contributed by atoms with van der Waals surface area (Å²) in [5.74, 6) is -1.63. The molecule has 1 unspecified atom stereocenters. The predicted octanol–water partition coefficient (Wildman–Crippen LogP) is 2.65. The number of nitrogens with zero attached hydrogens (tertiary/aromatic N) is 2. The van der Waals surface area contributed by atoms with Gasteiger partial charge in [-0.05, 0) is 6.42 Å². The average molecular weight is 345 g/mol. The Balaban J connectivity index is 2.20. The van der Waals surface area contributed by atoms with Gasteiger partial charge in [0.2, 0.25) is 5.78 Å². The third-order valence-corrected chi connectivity index (χ3v) is 4.09. The van der Waals surface area contributed by atoms with Crippen LogP contribution in [0.25, 0.3) is 11.3 Å². The Hall–Kier alpha value is -2.41. The smallest absolute Gasteiger partial charge is 0.273 e. The number of ketones is 2. The summed E-state index contributed by atoms with van der Waals surface area (Å²) in [4.78, 5) is 35.9. The molecule has 1 N–H and O–H groups in total. The molecule has 0 radical (unpaired) electrons. The molecule has 1 amide bonds.